The summed E-state index contributed by atoms with van der Waals surface area (Å²) in [4.78, 5) is 11.1. The summed E-state index contributed by atoms with van der Waals surface area (Å²) in [7, 11) is 0. The Balaban J connectivity index is 2.54. The topological polar surface area (TPSA) is 41.1 Å². The number of carbonyl (C=O) groups is 1. The third-order valence-corrected chi connectivity index (χ3v) is 2.84. The lowest BCUT2D eigenvalue weighted by Crippen LogP contribution is -2.36. The highest BCUT2D eigenvalue weighted by atomic mass is 79.9. The van der Waals surface area contributed by atoms with E-state index in [0.29, 0.717) is 15.2 Å². The fourth-order valence-electron chi connectivity index (χ4n) is 0.930. The number of nitrogens with one attached hydrogen (secondary N) is 2. The van der Waals surface area contributed by atoms with Crippen molar-refractivity contribution in [3.63, 3.8) is 0 Å². The number of carbonyl (C=O) groups excluding carboxylic acids is 1. The van der Waals surface area contributed by atoms with Crippen LogP contribution in [-0.2, 0) is 0 Å². The molecule has 17 heavy (non-hydrogen) atoms. The molecule has 0 aliphatic carbocycles. The molecule has 0 saturated heterocycles. The minimum Gasteiger partial charge on any atom is -0.329 e. The summed E-state index contributed by atoms with van der Waals surface area (Å²) < 4.78 is 35.9. The van der Waals surface area contributed by atoms with E-state index in [9.17, 15) is 18.0 Å². The van der Waals surface area contributed by atoms with Crippen molar-refractivity contribution >= 4 is 39.2 Å². The molecular weight excluding hydrogens is 324 g/mol. The number of halogens is 5. The Kier molecular flexibility index (Phi) is 4.64. The number of urea groups is 1. The smallest absolute Gasteiger partial charge is 0.329 e. The van der Waals surface area contributed by atoms with Crippen LogP contribution in [0.25, 0.3) is 0 Å². The van der Waals surface area contributed by atoms with Gasteiger partial charge in [-0.25, -0.2) is 4.79 Å². The van der Waals surface area contributed by atoms with Crippen LogP contribution < -0.4 is 10.6 Å². The maximum absolute atomic E-state index is 11.8. The highest BCUT2D eigenvalue weighted by Gasteiger charge is 2.27. The molecule has 0 unspecified atom stereocenters. The molecule has 0 aliphatic rings. The molecule has 0 fully saturated rings. The summed E-state index contributed by atoms with van der Waals surface area (Å²) in [6, 6.07) is 3.53. The monoisotopic (exact) mass is 330 g/mol. The van der Waals surface area contributed by atoms with E-state index in [0.717, 1.165) is 0 Å². The van der Waals surface area contributed by atoms with Crippen LogP contribution in [0.2, 0.25) is 5.02 Å². The van der Waals surface area contributed by atoms with Gasteiger partial charge in [-0.05, 0) is 34.1 Å². The van der Waals surface area contributed by atoms with Gasteiger partial charge >= 0.3 is 12.2 Å². The SMILES string of the molecule is O=C(NCC(F)(F)F)Nc1ccc(Cl)c(Br)c1. The first-order valence-electron chi connectivity index (χ1n) is 4.34. The number of anilines is 1. The lowest BCUT2D eigenvalue weighted by molar-refractivity contribution is -0.122. The average molecular weight is 332 g/mol. The van der Waals surface area contributed by atoms with Crippen molar-refractivity contribution in [2.24, 2.45) is 0 Å². The van der Waals surface area contributed by atoms with Gasteiger partial charge in [0, 0.05) is 10.2 Å². The molecule has 0 atom stereocenters. The molecule has 0 heterocycles. The molecular formula is C9H7BrClF3N2O. The lowest BCUT2D eigenvalue weighted by atomic mass is 10.3. The molecule has 0 radical (unpaired) electrons. The van der Waals surface area contributed by atoms with Crippen molar-refractivity contribution in [1.29, 1.82) is 0 Å². The number of hydrogen-bond acceptors (Lipinski definition) is 1. The van der Waals surface area contributed by atoms with Crippen molar-refractivity contribution in [1.82, 2.24) is 5.32 Å². The van der Waals surface area contributed by atoms with Gasteiger partial charge < -0.3 is 10.6 Å². The van der Waals surface area contributed by atoms with E-state index in [1.807, 2.05) is 0 Å². The normalized spacial score (nSPS) is 11.1. The second-order valence-electron chi connectivity index (χ2n) is 3.05. The first kappa shape index (κ1) is 14.1. The molecule has 8 heteroatoms. The summed E-state index contributed by atoms with van der Waals surface area (Å²) in [5.41, 5.74) is 0.334. The van der Waals surface area contributed by atoms with Crippen LogP contribution in [0.3, 0.4) is 0 Å². The number of alkyl halides is 3. The zero-order chi connectivity index (χ0) is 13.1. The highest BCUT2D eigenvalue weighted by molar-refractivity contribution is 9.10. The van der Waals surface area contributed by atoms with Crippen LogP contribution in [0.4, 0.5) is 23.7 Å². The zero-order valence-electron chi connectivity index (χ0n) is 8.24. The van der Waals surface area contributed by atoms with Gasteiger partial charge in [-0.2, -0.15) is 13.2 Å². The summed E-state index contributed by atoms with van der Waals surface area (Å²) in [5.74, 6) is 0. The Labute approximate surface area is 108 Å². The molecule has 0 aromatic heterocycles. The van der Waals surface area contributed by atoms with Gasteiger partial charge in [0.2, 0.25) is 0 Å². The van der Waals surface area contributed by atoms with Crippen molar-refractivity contribution in [2.45, 2.75) is 6.18 Å². The molecule has 2 N–H and O–H groups in total. The number of rotatable bonds is 2. The summed E-state index contributed by atoms with van der Waals surface area (Å²) in [6.45, 7) is -1.38. The van der Waals surface area contributed by atoms with E-state index in [2.05, 4.69) is 21.2 Å². The van der Waals surface area contributed by atoms with E-state index in [1.165, 1.54) is 18.2 Å². The Morgan fingerprint density at radius 1 is 1.41 bits per heavy atom. The molecule has 0 spiro atoms. The molecule has 0 aliphatic heterocycles. The molecule has 1 aromatic carbocycles. The van der Waals surface area contributed by atoms with Crippen LogP contribution in [0.15, 0.2) is 22.7 Å². The van der Waals surface area contributed by atoms with Crippen molar-refractivity contribution in [3.8, 4) is 0 Å². The Hall–Kier alpha value is -0.950. The number of benzene rings is 1. The van der Waals surface area contributed by atoms with E-state index in [4.69, 9.17) is 11.6 Å². The quantitative estimate of drug-likeness (QED) is 0.850. The second kappa shape index (κ2) is 5.59. The molecule has 1 rings (SSSR count). The van der Waals surface area contributed by atoms with Gasteiger partial charge in [0.05, 0.1) is 5.02 Å². The Morgan fingerprint density at radius 2 is 2.06 bits per heavy atom. The molecule has 94 valence electrons. The maximum atomic E-state index is 11.8. The Bertz CT molecular complexity index is 425. The van der Waals surface area contributed by atoms with Crippen molar-refractivity contribution in [3.05, 3.63) is 27.7 Å². The van der Waals surface area contributed by atoms with Crippen LogP contribution in [0.5, 0.6) is 0 Å². The third kappa shape index (κ3) is 5.27. The molecule has 1 aromatic rings. The molecule has 3 nitrogen and oxygen atoms in total. The molecule has 0 bridgehead atoms. The predicted octanol–water partition coefficient (Wildman–Crippen LogP) is 3.79. The fourth-order valence-corrected chi connectivity index (χ4v) is 1.43. The molecule has 0 saturated carbocycles. The Morgan fingerprint density at radius 3 is 2.59 bits per heavy atom. The number of amides is 2. The van der Waals surface area contributed by atoms with Crippen LogP contribution >= 0.6 is 27.5 Å². The van der Waals surface area contributed by atoms with Gasteiger partial charge in [-0.1, -0.05) is 11.6 Å². The highest BCUT2D eigenvalue weighted by Crippen LogP contribution is 2.25. The summed E-state index contributed by atoms with van der Waals surface area (Å²) >= 11 is 8.84. The number of hydrogen-bond donors (Lipinski definition) is 2. The molecule has 2 amide bonds. The fraction of sp³-hybridized carbons (Fsp3) is 0.222. The second-order valence-corrected chi connectivity index (χ2v) is 4.31. The standard InChI is InChI=1S/C9H7BrClF3N2O/c10-6-3-5(1-2-7(6)11)16-8(17)15-4-9(12,13)14/h1-3H,4H2,(H2,15,16,17). The van der Waals surface area contributed by atoms with Crippen LogP contribution in [-0.4, -0.2) is 18.8 Å². The average Bonchev–Trinajstić information content (AvgIpc) is 2.20. The van der Waals surface area contributed by atoms with E-state index in [-0.39, 0.29) is 0 Å². The lowest BCUT2D eigenvalue weighted by Gasteiger charge is -2.10. The third-order valence-electron chi connectivity index (χ3n) is 1.63. The zero-order valence-corrected chi connectivity index (χ0v) is 10.6. The first-order chi connectivity index (χ1) is 7.78. The largest absolute Gasteiger partial charge is 0.405 e. The van der Waals surface area contributed by atoms with E-state index < -0.39 is 18.8 Å². The van der Waals surface area contributed by atoms with Gasteiger partial charge in [-0.15, -0.1) is 0 Å². The minimum absolute atomic E-state index is 0.334. The maximum Gasteiger partial charge on any atom is 0.405 e. The van der Waals surface area contributed by atoms with Gasteiger partial charge in [0.15, 0.2) is 0 Å². The van der Waals surface area contributed by atoms with Gasteiger partial charge in [0.1, 0.15) is 6.54 Å². The predicted molar refractivity (Wildman–Crippen MR) is 62.2 cm³/mol. The van der Waals surface area contributed by atoms with E-state index >= 15 is 0 Å². The van der Waals surface area contributed by atoms with Crippen molar-refractivity contribution < 1.29 is 18.0 Å². The van der Waals surface area contributed by atoms with Gasteiger partial charge in [-0.3, -0.25) is 0 Å². The van der Waals surface area contributed by atoms with Crippen LogP contribution in [0.1, 0.15) is 0 Å². The summed E-state index contributed by atoms with van der Waals surface area (Å²) in [5, 5.41) is 4.36. The van der Waals surface area contributed by atoms with Crippen molar-refractivity contribution in [2.75, 3.05) is 11.9 Å². The van der Waals surface area contributed by atoms with Crippen LogP contribution in [0, 0.1) is 0 Å². The van der Waals surface area contributed by atoms with E-state index in [1.54, 1.807) is 5.32 Å². The first-order valence-corrected chi connectivity index (χ1v) is 5.52. The van der Waals surface area contributed by atoms with Gasteiger partial charge in [0.25, 0.3) is 0 Å². The summed E-state index contributed by atoms with van der Waals surface area (Å²) in [6.07, 6.45) is -4.43. The minimum atomic E-state index is -4.43.